The number of fused-ring (bicyclic) bond motifs is 1. The highest BCUT2D eigenvalue weighted by molar-refractivity contribution is 5.46. The third-order valence-electron chi connectivity index (χ3n) is 5.91. The first-order valence-electron chi connectivity index (χ1n) is 11.4. The zero-order valence-electron chi connectivity index (χ0n) is 18.9. The van der Waals surface area contributed by atoms with E-state index in [1.807, 2.05) is 60.7 Å². The van der Waals surface area contributed by atoms with Crippen molar-refractivity contribution >= 4 is 0 Å². The van der Waals surface area contributed by atoms with Crippen LogP contribution in [0.15, 0.2) is 91.0 Å². The van der Waals surface area contributed by atoms with Gasteiger partial charge in [-0.2, -0.15) is 0 Å². The molecule has 178 valence electrons. The largest absolute Gasteiger partial charge is 0.485 e. The SMILES string of the molecule is OC1Cc2c(F)cc(F)cc2OC1c1ccc(OCc2ccccc2)c(OCc2ccccc2)c1. The summed E-state index contributed by atoms with van der Waals surface area (Å²) >= 11 is 0. The zero-order chi connectivity index (χ0) is 24.2. The molecular weight excluding hydrogens is 450 g/mol. The molecule has 0 bridgehead atoms. The Balaban J connectivity index is 1.42. The number of aliphatic hydroxyl groups is 1. The Hall–Kier alpha value is -3.90. The molecule has 0 aliphatic carbocycles. The summed E-state index contributed by atoms with van der Waals surface area (Å²) in [7, 11) is 0. The Morgan fingerprint density at radius 1 is 0.771 bits per heavy atom. The molecule has 4 aromatic carbocycles. The van der Waals surface area contributed by atoms with Crippen molar-refractivity contribution in [1.29, 1.82) is 0 Å². The monoisotopic (exact) mass is 474 g/mol. The van der Waals surface area contributed by atoms with Gasteiger partial charge in [-0.1, -0.05) is 66.7 Å². The molecule has 35 heavy (non-hydrogen) atoms. The molecule has 0 fully saturated rings. The molecule has 0 saturated carbocycles. The van der Waals surface area contributed by atoms with Crippen molar-refractivity contribution in [3.8, 4) is 17.2 Å². The van der Waals surface area contributed by atoms with Gasteiger partial charge in [-0.3, -0.25) is 0 Å². The van der Waals surface area contributed by atoms with E-state index in [1.54, 1.807) is 18.2 Å². The van der Waals surface area contributed by atoms with Crippen LogP contribution in [0.2, 0.25) is 0 Å². The first kappa shape index (κ1) is 22.9. The smallest absolute Gasteiger partial charge is 0.162 e. The fraction of sp³-hybridized carbons (Fsp3) is 0.172. The van der Waals surface area contributed by atoms with Crippen molar-refractivity contribution in [2.24, 2.45) is 0 Å². The Labute approximate surface area is 202 Å². The van der Waals surface area contributed by atoms with E-state index in [1.165, 1.54) is 0 Å². The fourth-order valence-electron chi connectivity index (χ4n) is 4.11. The Morgan fingerprint density at radius 3 is 2.06 bits per heavy atom. The predicted octanol–water partition coefficient (Wildman–Crippen LogP) is 6.16. The van der Waals surface area contributed by atoms with E-state index in [4.69, 9.17) is 14.2 Å². The molecule has 0 spiro atoms. The molecule has 5 rings (SSSR count). The maximum atomic E-state index is 14.2. The first-order valence-corrected chi connectivity index (χ1v) is 11.4. The summed E-state index contributed by atoms with van der Waals surface area (Å²) in [6.45, 7) is 0.676. The molecule has 2 unspecified atom stereocenters. The average molecular weight is 475 g/mol. The molecule has 0 aromatic heterocycles. The molecule has 1 aliphatic rings. The van der Waals surface area contributed by atoms with Gasteiger partial charge in [0.2, 0.25) is 0 Å². The van der Waals surface area contributed by atoms with Crippen molar-refractivity contribution in [2.45, 2.75) is 31.8 Å². The van der Waals surface area contributed by atoms with E-state index in [0.717, 1.165) is 23.3 Å². The van der Waals surface area contributed by atoms with Gasteiger partial charge >= 0.3 is 0 Å². The summed E-state index contributed by atoms with van der Waals surface area (Å²) in [5.74, 6) is -0.346. The lowest BCUT2D eigenvalue weighted by atomic mass is 9.94. The van der Waals surface area contributed by atoms with Crippen LogP contribution >= 0.6 is 0 Å². The Kier molecular flexibility index (Phi) is 6.64. The van der Waals surface area contributed by atoms with Crippen molar-refractivity contribution < 1.29 is 28.1 Å². The summed E-state index contributed by atoms with van der Waals surface area (Å²) in [6.07, 6.45) is -1.81. The molecule has 2 atom stereocenters. The van der Waals surface area contributed by atoms with Crippen LogP contribution in [0.1, 0.15) is 28.4 Å². The van der Waals surface area contributed by atoms with Crippen LogP contribution in [0, 0.1) is 11.6 Å². The number of benzene rings is 4. The molecule has 4 aromatic rings. The van der Waals surface area contributed by atoms with Gasteiger partial charge in [-0.05, 0) is 28.8 Å². The van der Waals surface area contributed by atoms with Crippen LogP contribution in [0.5, 0.6) is 17.2 Å². The Bertz CT molecular complexity index is 1300. The van der Waals surface area contributed by atoms with Gasteiger partial charge in [0.25, 0.3) is 0 Å². The maximum Gasteiger partial charge on any atom is 0.162 e. The second-order valence-corrected chi connectivity index (χ2v) is 8.43. The lowest BCUT2D eigenvalue weighted by Crippen LogP contribution is -2.31. The average Bonchev–Trinajstić information content (AvgIpc) is 2.88. The van der Waals surface area contributed by atoms with Gasteiger partial charge in [-0.15, -0.1) is 0 Å². The molecule has 0 amide bonds. The van der Waals surface area contributed by atoms with E-state index in [9.17, 15) is 13.9 Å². The van der Waals surface area contributed by atoms with Crippen molar-refractivity contribution in [1.82, 2.24) is 0 Å². The van der Waals surface area contributed by atoms with E-state index in [-0.39, 0.29) is 17.7 Å². The summed E-state index contributed by atoms with van der Waals surface area (Å²) in [5, 5.41) is 10.7. The number of aliphatic hydroxyl groups excluding tert-OH is 1. The third-order valence-corrected chi connectivity index (χ3v) is 5.91. The van der Waals surface area contributed by atoms with Crippen LogP contribution in [0.4, 0.5) is 8.78 Å². The van der Waals surface area contributed by atoms with Gasteiger partial charge in [-0.25, -0.2) is 8.78 Å². The number of hydrogen-bond donors (Lipinski definition) is 1. The molecule has 1 heterocycles. The highest BCUT2D eigenvalue weighted by atomic mass is 19.1. The quantitative estimate of drug-likeness (QED) is 0.349. The zero-order valence-corrected chi connectivity index (χ0v) is 18.9. The Morgan fingerprint density at radius 2 is 1.40 bits per heavy atom. The summed E-state index contributed by atoms with van der Waals surface area (Å²) < 4.78 is 45.9. The molecule has 6 heteroatoms. The summed E-state index contributed by atoms with van der Waals surface area (Å²) in [6, 6.07) is 26.7. The van der Waals surface area contributed by atoms with Crippen LogP contribution < -0.4 is 14.2 Å². The minimum absolute atomic E-state index is 0.0125. The lowest BCUT2D eigenvalue weighted by molar-refractivity contribution is 0.0190. The summed E-state index contributed by atoms with van der Waals surface area (Å²) in [4.78, 5) is 0. The molecule has 0 radical (unpaired) electrons. The van der Waals surface area contributed by atoms with Crippen LogP contribution in [0.3, 0.4) is 0 Å². The highest BCUT2D eigenvalue weighted by Crippen LogP contribution is 2.40. The summed E-state index contributed by atoms with van der Waals surface area (Å²) in [5.41, 5.74) is 2.78. The van der Waals surface area contributed by atoms with Gasteiger partial charge in [0, 0.05) is 24.1 Å². The number of halogens is 2. The molecule has 4 nitrogen and oxygen atoms in total. The van der Waals surface area contributed by atoms with Crippen LogP contribution in [-0.2, 0) is 19.6 Å². The van der Waals surface area contributed by atoms with E-state index >= 15 is 0 Å². The third kappa shape index (κ3) is 5.28. The predicted molar refractivity (Wildman–Crippen MR) is 127 cm³/mol. The second kappa shape index (κ2) is 10.2. The fourth-order valence-corrected chi connectivity index (χ4v) is 4.11. The topological polar surface area (TPSA) is 47.9 Å². The van der Waals surface area contributed by atoms with Gasteiger partial charge in [0.15, 0.2) is 11.5 Å². The molecular formula is C29H24F2O4. The van der Waals surface area contributed by atoms with Gasteiger partial charge < -0.3 is 19.3 Å². The minimum atomic E-state index is -1.01. The number of hydrogen-bond acceptors (Lipinski definition) is 4. The molecule has 0 saturated heterocycles. The molecule has 1 aliphatic heterocycles. The maximum absolute atomic E-state index is 14.2. The van der Waals surface area contributed by atoms with Gasteiger partial charge in [0.1, 0.15) is 36.7 Å². The van der Waals surface area contributed by atoms with Crippen LogP contribution in [0.25, 0.3) is 0 Å². The number of ether oxygens (including phenoxy) is 3. The second-order valence-electron chi connectivity index (χ2n) is 8.43. The van der Waals surface area contributed by atoms with Crippen LogP contribution in [-0.4, -0.2) is 11.2 Å². The molecule has 1 N–H and O–H groups in total. The van der Waals surface area contributed by atoms with E-state index in [2.05, 4.69) is 0 Å². The highest BCUT2D eigenvalue weighted by Gasteiger charge is 2.32. The van der Waals surface area contributed by atoms with E-state index < -0.39 is 23.8 Å². The first-order chi connectivity index (χ1) is 17.1. The van der Waals surface area contributed by atoms with Crippen molar-refractivity contribution in [3.05, 3.63) is 125 Å². The van der Waals surface area contributed by atoms with Crippen molar-refractivity contribution in [3.63, 3.8) is 0 Å². The minimum Gasteiger partial charge on any atom is -0.485 e. The standard InChI is InChI=1S/C29H24F2O4/c30-22-14-24(31)23-16-25(32)29(35-27(23)15-22)21-11-12-26(33-17-19-7-3-1-4-8-19)28(13-21)34-18-20-9-5-2-6-10-20/h1-15,25,29,32H,16-18H2. The normalized spacial score (nSPS) is 16.8. The lowest BCUT2D eigenvalue weighted by Gasteiger charge is -2.31. The van der Waals surface area contributed by atoms with Gasteiger partial charge in [0.05, 0.1) is 6.10 Å². The van der Waals surface area contributed by atoms with Crippen molar-refractivity contribution in [2.75, 3.05) is 0 Å². The van der Waals surface area contributed by atoms with E-state index in [0.29, 0.717) is 30.3 Å². The number of rotatable bonds is 7.